The molecule has 0 saturated carbocycles. The Kier molecular flexibility index (Phi) is 4.84. The maximum atomic E-state index is 11.9. The Morgan fingerprint density at radius 1 is 1.38 bits per heavy atom. The Morgan fingerprint density at radius 2 is 2.10 bits per heavy atom. The van der Waals surface area contributed by atoms with Crippen molar-refractivity contribution in [1.82, 2.24) is 10.4 Å². The van der Waals surface area contributed by atoms with Crippen LogP contribution >= 0.6 is 11.3 Å². The van der Waals surface area contributed by atoms with E-state index in [9.17, 15) is 4.79 Å². The van der Waals surface area contributed by atoms with E-state index in [-0.39, 0.29) is 5.91 Å². The van der Waals surface area contributed by atoms with Crippen LogP contribution in [-0.4, -0.2) is 17.1 Å². The van der Waals surface area contributed by atoms with Crippen molar-refractivity contribution in [2.75, 3.05) is 5.73 Å². The van der Waals surface area contributed by atoms with Gasteiger partial charge in [0.05, 0.1) is 11.9 Å². The van der Waals surface area contributed by atoms with E-state index in [2.05, 4.69) is 15.5 Å². The minimum atomic E-state index is -0.300. The molecule has 0 bridgehead atoms. The van der Waals surface area contributed by atoms with Crippen molar-refractivity contribution in [3.8, 4) is 0 Å². The van der Waals surface area contributed by atoms with Gasteiger partial charge in [-0.15, -0.1) is 0 Å². The molecule has 1 amide bonds. The Hall–Kier alpha value is -2.47. The number of thiazole rings is 1. The molecular formula is C15H16N4OS. The van der Waals surface area contributed by atoms with Crippen molar-refractivity contribution in [2.45, 2.75) is 13.8 Å². The van der Waals surface area contributed by atoms with Gasteiger partial charge < -0.3 is 5.73 Å². The SMILES string of the molecule is CC(/C=N/NC(=O)c1sc(N)nc1C)=C\c1ccccc1. The molecule has 1 heterocycles. The third kappa shape index (κ3) is 4.25. The zero-order valence-electron chi connectivity index (χ0n) is 11.8. The number of nitrogens with two attached hydrogens (primary N) is 1. The van der Waals surface area contributed by atoms with Crippen molar-refractivity contribution in [1.29, 1.82) is 0 Å². The first-order chi connectivity index (χ1) is 10.1. The van der Waals surface area contributed by atoms with Crippen molar-refractivity contribution < 1.29 is 4.79 Å². The van der Waals surface area contributed by atoms with Crippen LogP contribution in [0.25, 0.3) is 6.08 Å². The van der Waals surface area contributed by atoms with E-state index < -0.39 is 0 Å². The third-order valence-corrected chi connectivity index (χ3v) is 3.63. The number of nitrogen functional groups attached to an aromatic ring is 1. The predicted octanol–water partition coefficient (Wildman–Crippen LogP) is 2.85. The topological polar surface area (TPSA) is 80.4 Å². The molecule has 0 radical (unpaired) electrons. The summed E-state index contributed by atoms with van der Waals surface area (Å²) >= 11 is 1.15. The van der Waals surface area contributed by atoms with E-state index in [1.807, 2.05) is 43.3 Å². The fourth-order valence-corrected chi connectivity index (χ4v) is 2.44. The molecule has 0 aliphatic rings. The molecule has 2 aromatic rings. The molecule has 108 valence electrons. The minimum Gasteiger partial charge on any atom is -0.375 e. The van der Waals surface area contributed by atoms with Crippen LogP contribution in [0.15, 0.2) is 41.0 Å². The summed E-state index contributed by atoms with van der Waals surface area (Å²) < 4.78 is 0. The highest BCUT2D eigenvalue weighted by Crippen LogP contribution is 2.19. The number of nitrogens with zero attached hydrogens (tertiary/aromatic N) is 2. The fourth-order valence-electron chi connectivity index (χ4n) is 1.72. The summed E-state index contributed by atoms with van der Waals surface area (Å²) in [5.74, 6) is -0.300. The molecule has 2 rings (SSSR count). The van der Waals surface area contributed by atoms with Gasteiger partial charge in [0, 0.05) is 0 Å². The van der Waals surface area contributed by atoms with Crippen LogP contribution in [0, 0.1) is 6.92 Å². The van der Waals surface area contributed by atoms with E-state index in [0.717, 1.165) is 22.5 Å². The normalized spacial score (nSPS) is 11.8. The zero-order valence-corrected chi connectivity index (χ0v) is 12.6. The van der Waals surface area contributed by atoms with Crippen LogP contribution in [0.1, 0.15) is 27.9 Å². The molecule has 1 aromatic heterocycles. The number of aryl methyl sites for hydroxylation is 1. The van der Waals surface area contributed by atoms with Crippen LogP contribution in [0.3, 0.4) is 0 Å². The summed E-state index contributed by atoms with van der Waals surface area (Å²) in [5, 5.41) is 4.32. The number of amides is 1. The van der Waals surface area contributed by atoms with E-state index in [1.165, 1.54) is 0 Å². The van der Waals surface area contributed by atoms with E-state index >= 15 is 0 Å². The monoisotopic (exact) mass is 300 g/mol. The third-order valence-electron chi connectivity index (χ3n) is 2.65. The van der Waals surface area contributed by atoms with Crippen molar-refractivity contribution >= 4 is 34.7 Å². The maximum absolute atomic E-state index is 11.9. The first-order valence-electron chi connectivity index (χ1n) is 6.36. The lowest BCUT2D eigenvalue weighted by molar-refractivity contribution is 0.0958. The van der Waals surface area contributed by atoms with Gasteiger partial charge in [-0.25, -0.2) is 10.4 Å². The smallest absolute Gasteiger partial charge is 0.283 e. The second-order valence-corrected chi connectivity index (χ2v) is 5.50. The average Bonchev–Trinajstić information content (AvgIpc) is 2.79. The number of hydrogen-bond donors (Lipinski definition) is 2. The largest absolute Gasteiger partial charge is 0.375 e. The Labute approximate surface area is 127 Å². The second-order valence-electron chi connectivity index (χ2n) is 4.46. The van der Waals surface area contributed by atoms with Gasteiger partial charge >= 0.3 is 0 Å². The van der Waals surface area contributed by atoms with Crippen molar-refractivity contribution in [2.24, 2.45) is 5.10 Å². The maximum Gasteiger partial charge on any atom is 0.283 e. The standard InChI is InChI=1S/C15H16N4OS/c1-10(8-12-6-4-3-5-7-12)9-17-19-14(20)13-11(2)18-15(16)21-13/h3-9H,1-2H3,(H2,16,18)(H,19,20)/b10-8+,17-9+. The lowest BCUT2D eigenvalue weighted by Gasteiger charge is -1.97. The van der Waals surface area contributed by atoms with Crippen LogP contribution < -0.4 is 11.2 Å². The number of rotatable bonds is 4. The van der Waals surface area contributed by atoms with Gasteiger partial charge in [0.15, 0.2) is 5.13 Å². The second kappa shape index (κ2) is 6.81. The first-order valence-corrected chi connectivity index (χ1v) is 7.17. The molecule has 0 atom stereocenters. The summed E-state index contributed by atoms with van der Waals surface area (Å²) in [6.07, 6.45) is 3.58. The van der Waals surface area contributed by atoms with Gasteiger partial charge in [-0.3, -0.25) is 4.79 Å². The Balaban J connectivity index is 1.97. The molecular weight excluding hydrogens is 284 g/mol. The summed E-state index contributed by atoms with van der Waals surface area (Å²) in [7, 11) is 0. The molecule has 0 fully saturated rings. The lowest BCUT2D eigenvalue weighted by Crippen LogP contribution is -2.17. The van der Waals surface area contributed by atoms with E-state index in [1.54, 1.807) is 13.1 Å². The molecule has 0 unspecified atom stereocenters. The molecule has 3 N–H and O–H groups in total. The van der Waals surface area contributed by atoms with Crippen molar-refractivity contribution in [3.63, 3.8) is 0 Å². The van der Waals surface area contributed by atoms with Crippen LogP contribution in [0.4, 0.5) is 5.13 Å². The number of hydrazone groups is 1. The average molecular weight is 300 g/mol. The minimum absolute atomic E-state index is 0.300. The number of carbonyl (C=O) groups is 1. The van der Waals surface area contributed by atoms with Crippen LogP contribution in [0.2, 0.25) is 0 Å². The van der Waals surface area contributed by atoms with E-state index in [4.69, 9.17) is 5.73 Å². The highest BCUT2D eigenvalue weighted by atomic mass is 32.1. The zero-order chi connectivity index (χ0) is 15.2. The van der Waals surface area contributed by atoms with Gasteiger partial charge in [0.1, 0.15) is 4.88 Å². The molecule has 0 aliphatic heterocycles. The number of benzene rings is 1. The Morgan fingerprint density at radius 3 is 2.71 bits per heavy atom. The number of anilines is 1. The van der Waals surface area contributed by atoms with Gasteiger partial charge in [0.25, 0.3) is 5.91 Å². The first kappa shape index (κ1) is 14.9. The molecule has 5 nitrogen and oxygen atoms in total. The highest BCUT2D eigenvalue weighted by molar-refractivity contribution is 7.17. The lowest BCUT2D eigenvalue weighted by atomic mass is 10.1. The van der Waals surface area contributed by atoms with Gasteiger partial charge in [0.2, 0.25) is 0 Å². The summed E-state index contributed by atoms with van der Waals surface area (Å²) in [5.41, 5.74) is 10.7. The Bertz CT molecular complexity index is 689. The number of aromatic nitrogens is 1. The number of carbonyl (C=O) groups excluding carboxylic acids is 1. The van der Waals surface area contributed by atoms with Crippen LogP contribution in [-0.2, 0) is 0 Å². The molecule has 1 aromatic carbocycles. The molecule has 0 aliphatic carbocycles. The van der Waals surface area contributed by atoms with Gasteiger partial charge in [-0.05, 0) is 25.0 Å². The number of hydrogen-bond acceptors (Lipinski definition) is 5. The highest BCUT2D eigenvalue weighted by Gasteiger charge is 2.12. The van der Waals surface area contributed by atoms with Gasteiger partial charge in [-0.1, -0.05) is 47.7 Å². The summed E-state index contributed by atoms with van der Waals surface area (Å²) in [6, 6.07) is 9.90. The van der Waals surface area contributed by atoms with Gasteiger partial charge in [-0.2, -0.15) is 5.10 Å². The quantitative estimate of drug-likeness (QED) is 0.673. The summed E-state index contributed by atoms with van der Waals surface area (Å²) in [6.45, 7) is 3.66. The number of nitrogens with one attached hydrogen (secondary N) is 1. The molecule has 21 heavy (non-hydrogen) atoms. The fraction of sp³-hybridized carbons (Fsp3) is 0.133. The number of allylic oxidation sites excluding steroid dienone is 1. The molecule has 0 spiro atoms. The van der Waals surface area contributed by atoms with E-state index in [0.29, 0.717) is 15.7 Å². The predicted molar refractivity (Wildman–Crippen MR) is 87.3 cm³/mol. The summed E-state index contributed by atoms with van der Waals surface area (Å²) in [4.78, 5) is 16.4. The van der Waals surface area contributed by atoms with Crippen molar-refractivity contribution in [3.05, 3.63) is 52.0 Å². The van der Waals surface area contributed by atoms with Crippen LogP contribution in [0.5, 0.6) is 0 Å². The molecule has 6 heteroatoms. The molecule has 0 saturated heterocycles.